The van der Waals surface area contributed by atoms with Gasteiger partial charge < -0.3 is 15.0 Å². The van der Waals surface area contributed by atoms with E-state index in [1.165, 1.54) is 0 Å². The third kappa shape index (κ3) is 5.40. The second kappa shape index (κ2) is 6.61. The average Bonchev–Trinajstić information content (AvgIpc) is 2.27. The highest BCUT2D eigenvalue weighted by Crippen LogP contribution is 2.27. The molecule has 1 fully saturated rings. The molecule has 0 radical (unpaired) electrons. The molecule has 1 aliphatic rings. The first-order valence-electron chi connectivity index (χ1n) is 6.67. The summed E-state index contributed by atoms with van der Waals surface area (Å²) in [6, 6.07) is -0.00975. The van der Waals surface area contributed by atoms with Crippen molar-refractivity contribution in [1.29, 1.82) is 0 Å². The molecule has 0 bridgehead atoms. The lowest BCUT2D eigenvalue weighted by Crippen LogP contribution is -2.39. The number of carboxylic acid groups (broad SMARTS) is 1. The van der Waals surface area contributed by atoms with E-state index in [0.717, 1.165) is 31.4 Å². The third-order valence-corrected chi connectivity index (χ3v) is 4.84. The minimum absolute atomic E-state index is 0.00975. The van der Waals surface area contributed by atoms with E-state index in [1.54, 1.807) is 0 Å². The fourth-order valence-electron chi connectivity index (χ4n) is 2.22. The third-order valence-electron chi connectivity index (χ3n) is 3.34. The number of amides is 1. The molecule has 110 valence electrons. The van der Waals surface area contributed by atoms with Crippen LogP contribution in [0.4, 0.5) is 4.79 Å². The van der Waals surface area contributed by atoms with Gasteiger partial charge >= 0.3 is 6.09 Å². The van der Waals surface area contributed by atoms with Crippen molar-refractivity contribution >= 4 is 23.2 Å². The summed E-state index contributed by atoms with van der Waals surface area (Å²) in [6.07, 6.45) is 2.62. The fraction of sp³-hybridized carbons (Fsp3) is 0.846. The summed E-state index contributed by atoms with van der Waals surface area (Å²) in [4.78, 5) is 10.7. The second-order valence-electron chi connectivity index (χ2n) is 6.10. The van der Waals surface area contributed by atoms with Crippen LogP contribution in [-0.4, -0.2) is 32.3 Å². The van der Waals surface area contributed by atoms with Crippen LogP contribution in [0.15, 0.2) is 4.40 Å². The molecule has 1 unspecified atom stereocenters. The molecule has 1 saturated carbocycles. The smallest absolute Gasteiger partial charge is 0.404 e. The average molecular weight is 288 g/mol. The van der Waals surface area contributed by atoms with E-state index < -0.39 is 17.5 Å². The zero-order valence-electron chi connectivity index (χ0n) is 12.1. The van der Waals surface area contributed by atoms with Gasteiger partial charge in [0.15, 0.2) is 0 Å². The quantitative estimate of drug-likeness (QED) is 0.618. The molecule has 3 atom stereocenters. The molecule has 1 amide bonds. The van der Waals surface area contributed by atoms with Crippen molar-refractivity contribution in [3.05, 3.63) is 0 Å². The lowest BCUT2D eigenvalue weighted by molar-refractivity contribution is 0.184. The van der Waals surface area contributed by atoms with Crippen molar-refractivity contribution in [3.63, 3.8) is 0 Å². The molecule has 0 aliphatic heterocycles. The van der Waals surface area contributed by atoms with Crippen molar-refractivity contribution in [2.24, 2.45) is 10.3 Å². The van der Waals surface area contributed by atoms with Gasteiger partial charge in [0.1, 0.15) is 16.1 Å². The maximum absolute atomic E-state index is 12.0. The first kappa shape index (κ1) is 16.3. The minimum atomic E-state index is -1.24. The molecule has 0 spiro atoms. The molecule has 1 rings (SSSR count). The maximum Gasteiger partial charge on any atom is 0.404 e. The van der Waals surface area contributed by atoms with Gasteiger partial charge in [-0.3, -0.25) is 0 Å². The molecule has 2 N–H and O–H groups in total. The van der Waals surface area contributed by atoms with Crippen LogP contribution < -0.4 is 5.32 Å². The van der Waals surface area contributed by atoms with E-state index in [0.29, 0.717) is 0 Å². The van der Waals surface area contributed by atoms with Gasteiger partial charge in [0.25, 0.3) is 0 Å². The van der Waals surface area contributed by atoms with Crippen molar-refractivity contribution in [1.82, 2.24) is 5.32 Å². The predicted molar refractivity (Wildman–Crippen MR) is 77.9 cm³/mol. The van der Waals surface area contributed by atoms with Crippen LogP contribution in [0.25, 0.3) is 0 Å². The van der Waals surface area contributed by atoms with Crippen molar-refractivity contribution in [2.75, 3.05) is 0 Å². The van der Waals surface area contributed by atoms with Crippen molar-refractivity contribution in [3.8, 4) is 0 Å². The zero-order chi connectivity index (χ0) is 14.6. The zero-order valence-corrected chi connectivity index (χ0v) is 12.9. The molecular weight excluding hydrogens is 264 g/mol. The number of nitrogens with one attached hydrogen (secondary N) is 1. The SMILES string of the molecule is CC(=N[S+]([O-])C(C)(C)C)[C@H]1CCC[C@@H](NC(=O)O)C1. The molecule has 0 aromatic heterocycles. The molecule has 5 nitrogen and oxygen atoms in total. The number of rotatable bonds is 3. The van der Waals surface area contributed by atoms with Gasteiger partial charge in [0.2, 0.25) is 0 Å². The maximum atomic E-state index is 12.0. The van der Waals surface area contributed by atoms with Gasteiger partial charge in [-0.1, -0.05) is 10.8 Å². The molecule has 6 heteroatoms. The van der Waals surface area contributed by atoms with E-state index in [1.807, 2.05) is 27.7 Å². The number of hydrogen-bond acceptors (Lipinski definition) is 3. The van der Waals surface area contributed by atoms with Crippen LogP contribution in [0.1, 0.15) is 53.4 Å². The summed E-state index contributed by atoms with van der Waals surface area (Å²) in [6.45, 7) is 7.60. The molecule has 0 heterocycles. The van der Waals surface area contributed by atoms with E-state index in [2.05, 4.69) is 9.71 Å². The Labute approximate surface area is 118 Å². The Morgan fingerprint density at radius 1 is 1.42 bits per heavy atom. The Balaban J connectivity index is 2.63. The highest BCUT2D eigenvalue weighted by atomic mass is 32.2. The van der Waals surface area contributed by atoms with E-state index in [4.69, 9.17) is 5.11 Å². The molecular formula is C13H24N2O3S. The molecule has 19 heavy (non-hydrogen) atoms. The van der Waals surface area contributed by atoms with Crippen LogP contribution in [0, 0.1) is 5.92 Å². The predicted octanol–water partition coefficient (Wildman–Crippen LogP) is 2.74. The Bertz CT molecular complexity index is 352. The normalized spacial score (nSPS) is 26.9. The van der Waals surface area contributed by atoms with Gasteiger partial charge in [-0.15, -0.1) is 0 Å². The first-order valence-corrected chi connectivity index (χ1v) is 7.77. The largest absolute Gasteiger partial charge is 0.591 e. The van der Waals surface area contributed by atoms with Crippen LogP contribution in [0.5, 0.6) is 0 Å². The van der Waals surface area contributed by atoms with Crippen LogP contribution in [0.2, 0.25) is 0 Å². The highest BCUT2D eigenvalue weighted by Gasteiger charge is 2.30. The minimum Gasteiger partial charge on any atom is -0.591 e. The van der Waals surface area contributed by atoms with Crippen LogP contribution in [0.3, 0.4) is 0 Å². The topological polar surface area (TPSA) is 84.8 Å². The number of hydrogen-bond donors (Lipinski definition) is 2. The fourth-order valence-corrected chi connectivity index (χ4v) is 2.90. The summed E-state index contributed by atoms with van der Waals surface area (Å²) in [5.41, 5.74) is 0.880. The van der Waals surface area contributed by atoms with Crippen molar-refractivity contribution < 1.29 is 14.5 Å². The molecule has 0 aromatic carbocycles. The standard InChI is InChI=1S/C13H24N2O3S/c1-9(15-19(18)13(2,3)4)10-6-5-7-11(8-10)14-12(16)17/h10-11,14H,5-8H2,1-4H3,(H,16,17)/t10-,11+,19?/m0/s1. The number of nitrogens with zero attached hydrogens (tertiary/aromatic N) is 1. The number of carbonyl (C=O) groups is 1. The van der Waals surface area contributed by atoms with Gasteiger partial charge in [0, 0.05) is 12.0 Å². The monoisotopic (exact) mass is 288 g/mol. The van der Waals surface area contributed by atoms with Crippen LogP contribution in [-0.2, 0) is 11.4 Å². The van der Waals surface area contributed by atoms with E-state index in [9.17, 15) is 9.35 Å². The van der Waals surface area contributed by atoms with Gasteiger partial charge in [-0.25, -0.2) is 4.79 Å². The lowest BCUT2D eigenvalue weighted by atomic mass is 9.83. The highest BCUT2D eigenvalue weighted by molar-refractivity contribution is 7.91. The molecule has 0 aromatic rings. The van der Waals surface area contributed by atoms with Gasteiger partial charge in [-0.2, -0.15) is 0 Å². The lowest BCUT2D eigenvalue weighted by Gasteiger charge is -2.29. The molecule has 0 saturated heterocycles. The summed E-state index contributed by atoms with van der Waals surface area (Å²) < 4.78 is 15.9. The Hall–Kier alpha value is -0.750. The Kier molecular flexibility index (Phi) is 5.67. The van der Waals surface area contributed by atoms with Gasteiger partial charge in [-0.05, 0) is 47.0 Å². The Morgan fingerprint density at radius 3 is 2.58 bits per heavy atom. The summed E-state index contributed by atoms with van der Waals surface area (Å²) in [5, 5.41) is 11.3. The van der Waals surface area contributed by atoms with Crippen LogP contribution >= 0.6 is 0 Å². The second-order valence-corrected chi connectivity index (χ2v) is 8.01. The summed E-state index contributed by atoms with van der Waals surface area (Å²) in [5.74, 6) is 0.233. The van der Waals surface area contributed by atoms with E-state index >= 15 is 0 Å². The van der Waals surface area contributed by atoms with Gasteiger partial charge in [0.05, 0.1) is 5.71 Å². The Morgan fingerprint density at radius 2 is 2.05 bits per heavy atom. The summed E-state index contributed by atoms with van der Waals surface area (Å²) in [7, 11) is 0. The van der Waals surface area contributed by atoms with Crippen molar-refractivity contribution in [2.45, 2.75) is 64.2 Å². The molecule has 1 aliphatic carbocycles. The first-order chi connectivity index (χ1) is 8.70. The van der Waals surface area contributed by atoms with E-state index in [-0.39, 0.29) is 16.7 Å². The summed E-state index contributed by atoms with van der Waals surface area (Å²) >= 11 is -1.24.